The molecule has 1 saturated heterocycles. The van der Waals surface area contributed by atoms with E-state index in [1.54, 1.807) is 12.1 Å². The zero-order chi connectivity index (χ0) is 15.0. The number of rotatable bonds is 3. The second-order valence-corrected chi connectivity index (χ2v) is 6.85. The highest BCUT2D eigenvalue weighted by atomic mass is 19.1. The van der Waals surface area contributed by atoms with Gasteiger partial charge in [0.15, 0.2) is 0 Å². The highest BCUT2D eigenvalue weighted by molar-refractivity contribution is 5.23. The van der Waals surface area contributed by atoms with E-state index in [0.29, 0.717) is 6.04 Å². The van der Waals surface area contributed by atoms with Gasteiger partial charge in [-0.1, -0.05) is 32.9 Å². The van der Waals surface area contributed by atoms with E-state index in [2.05, 4.69) is 41.9 Å². The molecule has 1 aliphatic rings. The number of hydrogen-bond donors (Lipinski definition) is 1. The maximum atomic E-state index is 13.0. The van der Waals surface area contributed by atoms with E-state index in [9.17, 15) is 4.39 Å². The molecule has 0 unspecified atom stereocenters. The van der Waals surface area contributed by atoms with E-state index in [1.807, 2.05) is 12.1 Å². The average Bonchev–Trinajstić information content (AvgIpc) is 2.86. The summed E-state index contributed by atoms with van der Waals surface area (Å²) in [7, 11) is 0. The van der Waals surface area contributed by atoms with Gasteiger partial charge in [0.1, 0.15) is 5.82 Å². The Morgan fingerprint density at radius 1 is 1.29 bits per heavy atom. The first-order chi connectivity index (χ1) is 9.93. The summed E-state index contributed by atoms with van der Waals surface area (Å²) in [6.07, 6.45) is 1.13. The number of halogens is 1. The smallest absolute Gasteiger partial charge is 0.123 e. The van der Waals surface area contributed by atoms with Gasteiger partial charge in [-0.3, -0.25) is 10.00 Å². The van der Waals surface area contributed by atoms with Crippen molar-refractivity contribution in [2.45, 2.75) is 45.2 Å². The van der Waals surface area contributed by atoms with Crippen LogP contribution in [-0.4, -0.2) is 21.6 Å². The average molecular weight is 287 g/mol. The highest BCUT2D eigenvalue weighted by Gasteiger charge is 2.30. The summed E-state index contributed by atoms with van der Waals surface area (Å²) in [6.45, 7) is 8.44. The third kappa shape index (κ3) is 3.00. The lowest BCUT2D eigenvalue weighted by molar-refractivity contribution is 0.0803. The van der Waals surface area contributed by atoms with Crippen LogP contribution in [0.25, 0.3) is 0 Å². The molecule has 1 atom stereocenters. The van der Waals surface area contributed by atoms with Crippen LogP contribution >= 0.6 is 0 Å². The minimum atomic E-state index is -0.173. The van der Waals surface area contributed by atoms with Crippen LogP contribution in [0.15, 0.2) is 30.3 Å². The minimum Gasteiger partial charge on any atom is -0.290 e. The number of nitrogens with zero attached hydrogens (tertiary/aromatic N) is 2. The number of likely N-dealkylation sites (tertiary alicyclic amines) is 1. The molecule has 21 heavy (non-hydrogen) atoms. The van der Waals surface area contributed by atoms with Crippen LogP contribution in [0.4, 0.5) is 4.39 Å². The first kappa shape index (κ1) is 14.3. The summed E-state index contributed by atoms with van der Waals surface area (Å²) < 4.78 is 13.0. The molecular formula is C17H22FN3. The number of aromatic nitrogens is 2. The molecule has 0 saturated carbocycles. The largest absolute Gasteiger partial charge is 0.290 e. The number of hydrogen-bond acceptors (Lipinski definition) is 2. The van der Waals surface area contributed by atoms with E-state index in [0.717, 1.165) is 30.9 Å². The second kappa shape index (κ2) is 5.26. The quantitative estimate of drug-likeness (QED) is 0.931. The lowest BCUT2D eigenvalue weighted by atomic mass is 9.92. The molecule has 0 bridgehead atoms. The van der Waals surface area contributed by atoms with E-state index >= 15 is 0 Å². The maximum Gasteiger partial charge on any atom is 0.123 e. The Morgan fingerprint density at radius 3 is 2.52 bits per heavy atom. The topological polar surface area (TPSA) is 31.9 Å². The summed E-state index contributed by atoms with van der Waals surface area (Å²) in [6, 6.07) is 9.41. The zero-order valence-corrected chi connectivity index (χ0v) is 12.9. The Kier molecular flexibility index (Phi) is 3.57. The van der Waals surface area contributed by atoms with Gasteiger partial charge in [0.05, 0.1) is 5.69 Å². The predicted molar refractivity (Wildman–Crippen MR) is 81.5 cm³/mol. The normalized spacial score (nSPS) is 19.5. The fourth-order valence-corrected chi connectivity index (χ4v) is 2.74. The molecule has 1 N–H and O–H groups in total. The van der Waals surface area contributed by atoms with Gasteiger partial charge < -0.3 is 0 Å². The Labute approximate surface area is 125 Å². The monoisotopic (exact) mass is 287 g/mol. The summed E-state index contributed by atoms with van der Waals surface area (Å²) in [5.74, 6) is -0.173. The Balaban J connectivity index is 1.68. The van der Waals surface area contributed by atoms with E-state index in [4.69, 9.17) is 0 Å². The van der Waals surface area contributed by atoms with Crippen molar-refractivity contribution in [1.29, 1.82) is 0 Å². The molecule has 3 nitrogen and oxygen atoms in total. The van der Waals surface area contributed by atoms with Crippen LogP contribution in [-0.2, 0) is 12.0 Å². The van der Waals surface area contributed by atoms with Crippen LogP contribution in [0.5, 0.6) is 0 Å². The molecule has 2 aromatic rings. The highest BCUT2D eigenvalue weighted by Crippen LogP contribution is 2.34. The van der Waals surface area contributed by atoms with E-state index < -0.39 is 0 Å². The maximum absolute atomic E-state index is 13.0. The fourth-order valence-electron chi connectivity index (χ4n) is 2.74. The molecule has 1 aromatic carbocycles. The Hall–Kier alpha value is -1.68. The van der Waals surface area contributed by atoms with Crippen molar-refractivity contribution in [3.8, 4) is 0 Å². The molecule has 3 rings (SSSR count). The third-order valence-corrected chi connectivity index (χ3v) is 4.16. The van der Waals surface area contributed by atoms with Gasteiger partial charge in [-0.15, -0.1) is 0 Å². The molecule has 112 valence electrons. The number of aromatic amines is 1. The molecule has 0 spiro atoms. The van der Waals surface area contributed by atoms with Gasteiger partial charge in [0, 0.05) is 30.2 Å². The molecule has 1 fully saturated rings. The standard InChI is InChI=1S/C17H22FN3/c1-17(2,3)16-10-14(19-20-16)11-21-9-8-15(21)12-4-6-13(18)7-5-12/h4-7,10,15H,8-9,11H2,1-3H3,(H,19,20)/t15-/m1/s1. The van der Waals surface area contributed by atoms with Crippen molar-refractivity contribution in [1.82, 2.24) is 15.1 Å². The lowest BCUT2D eigenvalue weighted by Crippen LogP contribution is -2.40. The fraction of sp³-hybridized carbons (Fsp3) is 0.471. The number of nitrogens with one attached hydrogen (secondary N) is 1. The number of benzene rings is 1. The van der Waals surface area contributed by atoms with Gasteiger partial charge in [0.2, 0.25) is 0 Å². The van der Waals surface area contributed by atoms with Gasteiger partial charge >= 0.3 is 0 Å². The minimum absolute atomic E-state index is 0.0695. The Bertz CT molecular complexity index is 610. The Morgan fingerprint density at radius 2 is 2.00 bits per heavy atom. The van der Waals surface area contributed by atoms with Gasteiger partial charge in [-0.25, -0.2) is 4.39 Å². The first-order valence-corrected chi connectivity index (χ1v) is 7.48. The molecular weight excluding hydrogens is 265 g/mol. The summed E-state index contributed by atoms with van der Waals surface area (Å²) in [5, 5.41) is 7.55. The first-order valence-electron chi connectivity index (χ1n) is 7.48. The molecule has 1 aromatic heterocycles. The van der Waals surface area contributed by atoms with E-state index in [-0.39, 0.29) is 11.2 Å². The third-order valence-electron chi connectivity index (χ3n) is 4.16. The van der Waals surface area contributed by atoms with Crippen molar-refractivity contribution in [3.63, 3.8) is 0 Å². The zero-order valence-electron chi connectivity index (χ0n) is 12.9. The summed E-state index contributed by atoms with van der Waals surface area (Å²) in [5.41, 5.74) is 3.50. The molecule has 0 radical (unpaired) electrons. The molecule has 4 heteroatoms. The van der Waals surface area contributed by atoms with Crippen molar-refractivity contribution in [3.05, 3.63) is 53.1 Å². The van der Waals surface area contributed by atoms with Crippen LogP contribution in [0, 0.1) is 5.82 Å². The van der Waals surface area contributed by atoms with Crippen LogP contribution in [0.3, 0.4) is 0 Å². The van der Waals surface area contributed by atoms with Gasteiger partial charge in [0.25, 0.3) is 0 Å². The SMILES string of the molecule is CC(C)(C)c1cc(CN2CC[C@@H]2c2ccc(F)cc2)[nH]n1. The van der Waals surface area contributed by atoms with Crippen molar-refractivity contribution < 1.29 is 4.39 Å². The number of H-pyrrole nitrogens is 1. The van der Waals surface area contributed by atoms with Crippen molar-refractivity contribution in [2.24, 2.45) is 0 Å². The molecule has 1 aliphatic heterocycles. The summed E-state index contributed by atoms with van der Waals surface area (Å²) >= 11 is 0. The van der Waals surface area contributed by atoms with Crippen molar-refractivity contribution >= 4 is 0 Å². The van der Waals surface area contributed by atoms with Crippen LogP contribution < -0.4 is 0 Å². The lowest BCUT2D eigenvalue weighted by Gasteiger charge is -2.41. The molecule has 2 heterocycles. The van der Waals surface area contributed by atoms with Crippen LogP contribution in [0.2, 0.25) is 0 Å². The van der Waals surface area contributed by atoms with Gasteiger partial charge in [-0.2, -0.15) is 5.10 Å². The second-order valence-electron chi connectivity index (χ2n) is 6.85. The summed E-state index contributed by atoms with van der Waals surface area (Å²) in [4.78, 5) is 2.40. The van der Waals surface area contributed by atoms with Crippen LogP contribution in [0.1, 0.15) is 50.2 Å². The molecule has 0 aliphatic carbocycles. The van der Waals surface area contributed by atoms with Crippen molar-refractivity contribution in [2.75, 3.05) is 6.54 Å². The van der Waals surface area contributed by atoms with E-state index in [1.165, 1.54) is 5.56 Å². The molecule has 0 amide bonds. The predicted octanol–water partition coefficient (Wildman–Crippen LogP) is 3.79. The van der Waals surface area contributed by atoms with Gasteiger partial charge in [-0.05, 0) is 30.2 Å².